The first-order valence-corrected chi connectivity index (χ1v) is 7.75. The van der Waals surface area contributed by atoms with Gasteiger partial charge >= 0.3 is 6.03 Å². The van der Waals surface area contributed by atoms with E-state index in [4.69, 9.17) is 0 Å². The Hall–Kier alpha value is -2.47. The van der Waals surface area contributed by atoms with Gasteiger partial charge in [0, 0.05) is 13.1 Å². The number of carbonyl (C=O) groups excluding carboxylic acids is 1. The maximum absolute atomic E-state index is 13.5. The Bertz CT molecular complexity index is 645. The molecule has 2 aromatic rings. The van der Waals surface area contributed by atoms with Crippen molar-refractivity contribution < 1.29 is 18.7 Å². The summed E-state index contributed by atoms with van der Waals surface area (Å²) in [6.07, 6.45) is 0.160. The van der Waals surface area contributed by atoms with E-state index in [0.29, 0.717) is 6.54 Å². The molecule has 0 saturated heterocycles. The summed E-state index contributed by atoms with van der Waals surface area (Å²) in [7, 11) is 0. The van der Waals surface area contributed by atoms with Gasteiger partial charge in [-0.3, -0.25) is 0 Å². The summed E-state index contributed by atoms with van der Waals surface area (Å²) < 4.78 is 27.0. The lowest BCUT2D eigenvalue weighted by Crippen LogP contribution is -2.38. The van der Waals surface area contributed by atoms with Crippen LogP contribution in [0.15, 0.2) is 48.5 Å². The van der Waals surface area contributed by atoms with Crippen molar-refractivity contribution in [1.82, 2.24) is 10.6 Å². The molecule has 0 aromatic heterocycles. The first kappa shape index (κ1) is 17.9. The highest BCUT2D eigenvalue weighted by Crippen LogP contribution is 2.19. The van der Waals surface area contributed by atoms with Crippen molar-refractivity contribution in [2.45, 2.75) is 18.9 Å². The largest absolute Gasteiger partial charge is 0.386 e. The number of carbonyl (C=O) groups is 1. The monoisotopic (exact) mass is 334 g/mol. The Labute approximate surface area is 139 Å². The van der Waals surface area contributed by atoms with Crippen LogP contribution in [0.1, 0.15) is 23.7 Å². The normalized spacial score (nSPS) is 11.8. The van der Waals surface area contributed by atoms with Crippen LogP contribution < -0.4 is 10.6 Å². The smallest absolute Gasteiger partial charge is 0.314 e. The van der Waals surface area contributed by atoms with E-state index < -0.39 is 29.3 Å². The minimum atomic E-state index is -1.44. The molecule has 2 rings (SSSR count). The number of aryl methyl sites for hydroxylation is 1. The number of hydrogen-bond donors (Lipinski definition) is 3. The third-order valence-corrected chi connectivity index (χ3v) is 3.56. The Morgan fingerprint density at radius 2 is 1.67 bits per heavy atom. The average Bonchev–Trinajstić information content (AvgIpc) is 2.57. The summed E-state index contributed by atoms with van der Waals surface area (Å²) in [6.45, 7) is 0.188. The molecule has 0 bridgehead atoms. The summed E-state index contributed by atoms with van der Waals surface area (Å²) in [5.74, 6) is -1.68. The van der Waals surface area contributed by atoms with E-state index in [1.165, 1.54) is 11.6 Å². The minimum Gasteiger partial charge on any atom is -0.386 e. The molecule has 24 heavy (non-hydrogen) atoms. The van der Waals surface area contributed by atoms with Gasteiger partial charge in [-0.2, -0.15) is 0 Å². The Kier molecular flexibility index (Phi) is 6.69. The van der Waals surface area contributed by atoms with E-state index >= 15 is 0 Å². The molecule has 0 aliphatic rings. The van der Waals surface area contributed by atoms with Crippen molar-refractivity contribution in [3.63, 3.8) is 0 Å². The van der Waals surface area contributed by atoms with Gasteiger partial charge < -0.3 is 15.7 Å². The van der Waals surface area contributed by atoms with Crippen molar-refractivity contribution in [3.05, 3.63) is 71.3 Å². The summed E-state index contributed by atoms with van der Waals surface area (Å²) in [5.41, 5.74) is 0.743. The molecular formula is C18H20F2N2O2. The third-order valence-electron chi connectivity index (χ3n) is 3.56. The number of benzene rings is 2. The fourth-order valence-electron chi connectivity index (χ4n) is 2.32. The van der Waals surface area contributed by atoms with Gasteiger partial charge in [-0.1, -0.05) is 36.4 Å². The first-order chi connectivity index (χ1) is 11.6. The Morgan fingerprint density at radius 1 is 1.00 bits per heavy atom. The zero-order chi connectivity index (χ0) is 17.4. The highest BCUT2D eigenvalue weighted by atomic mass is 19.1. The van der Waals surface area contributed by atoms with Crippen LogP contribution in [0, 0.1) is 11.6 Å². The number of rotatable bonds is 7. The quantitative estimate of drug-likeness (QED) is 0.682. The maximum Gasteiger partial charge on any atom is 0.314 e. The molecule has 0 heterocycles. The fourth-order valence-corrected chi connectivity index (χ4v) is 2.32. The van der Waals surface area contributed by atoms with Crippen molar-refractivity contribution in [2.75, 3.05) is 13.1 Å². The predicted octanol–water partition coefficient (Wildman–Crippen LogP) is 2.93. The van der Waals surface area contributed by atoms with Crippen LogP contribution in [0.2, 0.25) is 0 Å². The van der Waals surface area contributed by atoms with Gasteiger partial charge in [-0.15, -0.1) is 0 Å². The van der Waals surface area contributed by atoms with E-state index in [9.17, 15) is 18.7 Å². The summed E-state index contributed by atoms with van der Waals surface area (Å²) in [6, 6.07) is 12.7. The lowest BCUT2D eigenvalue weighted by molar-refractivity contribution is 0.164. The van der Waals surface area contributed by atoms with E-state index in [0.717, 1.165) is 25.0 Å². The van der Waals surface area contributed by atoms with Gasteiger partial charge in [-0.05, 0) is 30.5 Å². The first-order valence-electron chi connectivity index (χ1n) is 7.75. The molecule has 1 atom stereocenters. The number of nitrogens with one attached hydrogen (secondary N) is 2. The zero-order valence-corrected chi connectivity index (χ0v) is 13.1. The molecule has 0 aliphatic carbocycles. The molecule has 1 unspecified atom stereocenters. The number of aliphatic hydroxyl groups excluding tert-OH is 1. The minimum absolute atomic E-state index is 0.275. The molecule has 6 heteroatoms. The van der Waals surface area contributed by atoms with Gasteiger partial charge in [-0.25, -0.2) is 13.6 Å². The standard InChI is InChI=1S/C18H20F2N2O2/c19-14-9-4-10-15(20)17(14)16(23)12-22-18(24)21-11-5-8-13-6-2-1-3-7-13/h1-4,6-7,9-10,16,23H,5,8,11-12H2,(H2,21,22,24). The molecule has 2 aromatic carbocycles. The summed E-state index contributed by atoms with van der Waals surface area (Å²) in [5, 5.41) is 14.9. The number of halogens is 2. The molecule has 2 amide bonds. The second-order valence-corrected chi connectivity index (χ2v) is 5.38. The van der Waals surface area contributed by atoms with Crippen LogP contribution >= 0.6 is 0 Å². The SMILES string of the molecule is O=C(NCCCc1ccccc1)NCC(O)c1c(F)cccc1F. The van der Waals surface area contributed by atoms with Crippen molar-refractivity contribution in [2.24, 2.45) is 0 Å². The lowest BCUT2D eigenvalue weighted by Gasteiger charge is -2.14. The van der Waals surface area contributed by atoms with Gasteiger partial charge in [0.05, 0.1) is 5.56 Å². The maximum atomic E-state index is 13.5. The van der Waals surface area contributed by atoms with Crippen LogP contribution in [-0.2, 0) is 6.42 Å². The molecule has 0 saturated carbocycles. The third kappa shape index (κ3) is 5.31. The van der Waals surface area contributed by atoms with E-state index in [-0.39, 0.29) is 6.54 Å². The lowest BCUT2D eigenvalue weighted by atomic mass is 10.1. The summed E-state index contributed by atoms with van der Waals surface area (Å²) >= 11 is 0. The van der Waals surface area contributed by atoms with Crippen LogP contribution in [0.25, 0.3) is 0 Å². The van der Waals surface area contributed by atoms with Crippen LogP contribution in [0.5, 0.6) is 0 Å². The number of hydrogen-bond acceptors (Lipinski definition) is 2. The van der Waals surface area contributed by atoms with E-state index in [1.807, 2.05) is 30.3 Å². The van der Waals surface area contributed by atoms with E-state index in [2.05, 4.69) is 10.6 Å². The second kappa shape index (κ2) is 8.98. The van der Waals surface area contributed by atoms with Crippen LogP contribution in [0.3, 0.4) is 0 Å². The van der Waals surface area contributed by atoms with Gasteiger partial charge in [0.15, 0.2) is 0 Å². The topological polar surface area (TPSA) is 61.4 Å². The second-order valence-electron chi connectivity index (χ2n) is 5.38. The Balaban J connectivity index is 1.69. The molecule has 0 radical (unpaired) electrons. The van der Waals surface area contributed by atoms with E-state index in [1.54, 1.807) is 0 Å². The Morgan fingerprint density at radius 3 is 2.33 bits per heavy atom. The van der Waals surface area contributed by atoms with Crippen LogP contribution in [-0.4, -0.2) is 24.2 Å². The molecule has 0 aliphatic heterocycles. The highest BCUT2D eigenvalue weighted by molar-refractivity contribution is 5.73. The number of aliphatic hydroxyl groups is 1. The van der Waals surface area contributed by atoms with Crippen LogP contribution in [0.4, 0.5) is 13.6 Å². The van der Waals surface area contributed by atoms with Gasteiger partial charge in [0.2, 0.25) is 0 Å². The van der Waals surface area contributed by atoms with Crippen molar-refractivity contribution in [3.8, 4) is 0 Å². The molecule has 0 spiro atoms. The van der Waals surface area contributed by atoms with Gasteiger partial charge in [0.1, 0.15) is 17.7 Å². The fraction of sp³-hybridized carbons (Fsp3) is 0.278. The zero-order valence-electron chi connectivity index (χ0n) is 13.1. The number of amides is 2. The van der Waals surface area contributed by atoms with Crippen molar-refractivity contribution in [1.29, 1.82) is 0 Å². The van der Waals surface area contributed by atoms with Gasteiger partial charge in [0.25, 0.3) is 0 Å². The average molecular weight is 334 g/mol. The molecule has 3 N–H and O–H groups in total. The predicted molar refractivity (Wildman–Crippen MR) is 87.5 cm³/mol. The summed E-state index contributed by atoms with van der Waals surface area (Å²) in [4.78, 5) is 11.6. The molecule has 0 fully saturated rings. The number of urea groups is 1. The highest BCUT2D eigenvalue weighted by Gasteiger charge is 2.18. The van der Waals surface area contributed by atoms with Crippen molar-refractivity contribution >= 4 is 6.03 Å². The molecule has 128 valence electrons. The molecule has 4 nitrogen and oxygen atoms in total. The molecular weight excluding hydrogens is 314 g/mol.